The normalized spacial score (nSPS) is 22.9. The Morgan fingerprint density at radius 3 is 2.85 bits per heavy atom. The first-order valence-corrected chi connectivity index (χ1v) is 8.23. The van der Waals surface area contributed by atoms with E-state index in [9.17, 15) is 4.79 Å². The van der Waals surface area contributed by atoms with Gasteiger partial charge in [0.2, 0.25) is 0 Å². The summed E-state index contributed by atoms with van der Waals surface area (Å²) in [6.07, 6.45) is 1.97. The van der Waals surface area contributed by atoms with Crippen molar-refractivity contribution in [2.75, 3.05) is 13.1 Å². The Labute approximate surface area is 133 Å². The van der Waals surface area contributed by atoms with Crippen molar-refractivity contribution < 1.29 is 4.79 Å². The van der Waals surface area contributed by atoms with Gasteiger partial charge in [-0.25, -0.2) is 0 Å². The molecule has 2 atom stereocenters. The van der Waals surface area contributed by atoms with E-state index in [4.69, 9.17) is 11.6 Å². The number of carbonyl (C=O) groups is 1. The topological polar surface area (TPSA) is 32.3 Å². The lowest BCUT2D eigenvalue weighted by Crippen LogP contribution is -2.57. The van der Waals surface area contributed by atoms with Gasteiger partial charge in [0, 0.05) is 29.6 Å². The quantitative estimate of drug-likeness (QED) is 0.892. The van der Waals surface area contributed by atoms with E-state index >= 15 is 0 Å². The van der Waals surface area contributed by atoms with E-state index in [1.807, 2.05) is 17.0 Å². The molecule has 0 saturated carbocycles. The zero-order valence-electron chi connectivity index (χ0n) is 11.8. The molecule has 1 N–H and O–H groups in total. The number of nitrogens with zero attached hydrogens (tertiary/aromatic N) is 1. The highest BCUT2D eigenvalue weighted by Gasteiger charge is 2.31. The predicted molar refractivity (Wildman–Crippen MR) is 86.3 cm³/mol. The number of piperazine rings is 1. The van der Waals surface area contributed by atoms with Crippen LogP contribution in [0.2, 0.25) is 5.02 Å². The molecule has 5 heteroatoms. The lowest BCUT2D eigenvalue weighted by atomic mass is 10.0. The fraction of sp³-hybridized carbons (Fsp3) is 0.533. The van der Waals surface area contributed by atoms with Gasteiger partial charge in [0.05, 0.1) is 10.6 Å². The average Bonchev–Trinajstić information content (AvgIpc) is 2.48. The Morgan fingerprint density at radius 1 is 1.45 bits per heavy atom. The van der Waals surface area contributed by atoms with Gasteiger partial charge in [0.25, 0.3) is 5.91 Å². The van der Waals surface area contributed by atoms with E-state index in [0.717, 1.165) is 30.4 Å². The smallest absolute Gasteiger partial charge is 0.255 e. The van der Waals surface area contributed by atoms with Crippen LogP contribution in [0.5, 0.6) is 0 Å². The largest absolute Gasteiger partial charge is 0.333 e. The molecule has 2 rings (SSSR count). The number of carbonyl (C=O) groups excluding carboxylic acids is 1. The minimum Gasteiger partial charge on any atom is -0.333 e. The number of amides is 1. The van der Waals surface area contributed by atoms with Gasteiger partial charge in [-0.1, -0.05) is 31.5 Å². The molecule has 1 amide bonds. The van der Waals surface area contributed by atoms with Crippen molar-refractivity contribution in [2.45, 2.75) is 38.8 Å². The van der Waals surface area contributed by atoms with Crippen LogP contribution >= 0.6 is 27.5 Å². The van der Waals surface area contributed by atoms with Crippen LogP contribution in [0.4, 0.5) is 0 Å². The summed E-state index contributed by atoms with van der Waals surface area (Å²) < 4.78 is 0.764. The van der Waals surface area contributed by atoms with E-state index in [0.29, 0.717) is 16.6 Å². The lowest BCUT2D eigenvalue weighted by molar-refractivity contribution is 0.0576. The SMILES string of the molecule is CCC1CN(C(=O)c2cccc(Br)c2Cl)C(CC)CN1. The fourth-order valence-electron chi connectivity index (χ4n) is 2.57. The van der Waals surface area contributed by atoms with Gasteiger partial charge < -0.3 is 10.2 Å². The number of rotatable bonds is 3. The minimum atomic E-state index is 0.0306. The molecule has 0 aromatic heterocycles. The third-order valence-corrected chi connectivity index (χ3v) is 5.20. The number of benzene rings is 1. The minimum absolute atomic E-state index is 0.0306. The number of hydrogen-bond donors (Lipinski definition) is 1. The van der Waals surface area contributed by atoms with Crippen LogP contribution in [-0.2, 0) is 0 Å². The van der Waals surface area contributed by atoms with Gasteiger partial charge in [0.15, 0.2) is 0 Å². The molecule has 1 heterocycles. The average molecular weight is 360 g/mol. The van der Waals surface area contributed by atoms with Gasteiger partial charge >= 0.3 is 0 Å². The Kier molecular flexibility index (Phi) is 5.47. The molecule has 1 aromatic rings. The second-order valence-electron chi connectivity index (χ2n) is 5.13. The van der Waals surface area contributed by atoms with Crippen LogP contribution in [0.25, 0.3) is 0 Å². The highest BCUT2D eigenvalue weighted by Crippen LogP contribution is 2.28. The van der Waals surface area contributed by atoms with E-state index in [2.05, 4.69) is 35.1 Å². The molecule has 20 heavy (non-hydrogen) atoms. The monoisotopic (exact) mass is 358 g/mol. The number of halogens is 2. The van der Waals surface area contributed by atoms with Crippen molar-refractivity contribution in [1.29, 1.82) is 0 Å². The Morgan fingerprint density at radius 2 is 2.20 bits per heavy atom. The molecule has 2 unspecified atom stereocenters. The molecule has 0 bridgehead atoms. The van der Waals surface area contributed by atoms with Gasteiger partial charge in [-0.2, -0.15) is 0 Å². The highest BCUT2D eigenvalue weighted by atomic mass is 79.9. The molecule has 110 valence electrons. The summed E-state index contributed by atoms with van der Waals surface area (Å²) >= 11 is 9.64. The van der Waals surface area contributed by atoms with Gasteiger partial charge in [-0.15, -0.1) is 0 Å². The second-order valence-corrected chi connectivity index (χ2v) is 6.37. The molecule has 1 aliphatic rings. The Hall–Kier alpha value is -0.580. The first-order chi connectivity index (χ1) is 9.58. The van der Waals surface area contributed by atoms with Crippen molar-refractivity contribution in [3.63, 3.8) is 0 Å². The van der Waals surface area contributed by atoms with E-state index in [1.54, 1.807) is 6.07 Å². The molecule has 0 aliphatic carbocycles. The molecule has 0 radical (unpaired) electrons. The molecular weight excluding hydrogens is 340 g/mol. The summed E-state index contributed by atoms with van der Waals surface area (Å²) in [4.78, 5) is 14.8. The maximum atomic E-state index is 12.8. The van der Waals surface area contributed by atoms with Crippen LogP contribution in [0.3, 0.4) is 0 Å². The van der Waals surface area contributed by atoms with Crippen LogP contribution in [0.1, 0.15) is 37.0 Å². The molecule has 1 aromatic carbocycles. The van der Waals surface area contributed by atoms with Gasteiger partial charge in [0.1, 0.15) is 0 Å². The summed E-state index contributed by atoms with van der Waals surface area (Å²) in [5, 5.41) is 3.99. The van der Waals surface area contributed by atoms with Crippen LogP contribution in [0, 0.1) is 0 Å². The summed E-state index contributed by atoms with van der Waals surface area (Å²) in [6, 6.07) is 6.10. The van der Waals surface area contributed by atoms with Crippen LogP contribution < -0.4 is 5.32 Å². The number of nitrogens with one attached hydrogen (secondary N) is 1. The zero-order chi connectivity index (χ0) is 14.7. The third kappa shape index (κ3) is 3.18. The number of hydrogen-bond acceptors (Lipinski definition) is 2. The lowest BCUT2D eigenvalue weighted by Gasteiger charge is -2.40. The molecule has 3 nitrogen and oxygen atoms in total. The van der Waals surface area contributed by atoms with Crippen molar-refractivity contribution in [3.8, 4) is 0 Å². The fourth-order valence-corrected chi connectivity index (χ4v) is 3.15. The zero-order valence-corrected chi connectivity index (χ0v) is 14.2. The van der Waals surface area contributed by atoms with E-state index in [-0.39, 0.29) is 11.9 Å². The van der Waals surface area contributed by atoms with Crippen molar-refractivity contribution >= 4 is 33.4 Å². The molecule has 1 aliphatic heterocycles. The predicted octanol–water partition coefficient (Wildman–Crippen LogP) is 3.71. The Balaban J connectivity index is 2.27. The van der Waals surface area contributed by atoms with Gasteiger partial charge in [-0.3, -0.25) is 4.79 Å². The summed E-state index contributed by atoms with van der Waals surface area (Å²) in [6.45, 7) is 5.85. The van der Waals surface area contributed by atoms with Gasteiger partial charge in [-0.05, 0) is 40.9 Å². The molecule has 1 fully saturated rings. The third-order valence-electron chi connectivity index (χ3n) is 3.91. The van der Waals surface area contributed by atoms with Crippen molar-refractivity contribution in [1.82, 2.24) is 10.2 Å². The van der Waals surface area contributed by atoms with Crippen LogP contribution in [-0.4, -0.2) is 36.0 Å². The van der Waals surface area contributed by atoms with Crippen LogP contribution in [0.15, 0.2) is 22.7 Å². The Bertz CT molecular complexity index is 495. The van der Waals surface area contributed by atoms with E-state index in [1.165, 1.54) is 0 Å². The molecule has 0 spiro atoms. The second kappa shape index (κ2) is 6.92. The summed E-state index contributed by atoms with van der Waals surface area (Å²) in [7, 11) is 0. The molecule has 1 saturated heterocycles. The standard InChI is InChI=1S/C15H20BrClN2O/c1-3-10-9-19(11(4-2)8-18-10)15(20)12-6-5-7-13(16)14(12)17/h5-7,10-11,18H,3-4,8-9H2,1-2H3. The first-order valence-electron chi connectivity index (χ1n) is 7.06. The van der Waals surface area contributed by atoms with E-state index < -0.39 is 0 Å². The van der Waals surface area contributed by atoms with Crippen molar-refractivity contribution in [2.24, 2.45) is 0 Å². The molecular formula is C15H20BrClN2O. The summed E-state index contributed by atoms with van der Waals surface area (Å²) in [5.41, 5.74) is 0.580. The maximum Gasteiger partial charge on any atom is 0.255 e. The maximum absolute atomic E-state index is 12.8. The first kappa shape index (κ1) is 15.8. The highest BCUT2D eigenvalue weighted by molar-refractivity contribution is 9.10. The van der Waals surface area contributed by atoms with Crippen molar-refractivity contribution in [3.05, 3.63) is 33.3 Å². The summed E-state index contributed by atoms with van der Waals surface area (Å²) in [5.74, 6) is 0.0306.